The van der Waals surface area contributed by atoms with Crippen molar-refractivity contribution in [3.05, 3.63) is 59.0 Å². The minimum Gasteiger partial charge on any atom is -0.466 e. The highest BCUT2D eigenvalue weighted by Gasteiger charge is 2.14. The molecule has 0 saturated heterocycles. The van der Waals surface area contributed by atoms with Crippen molar-refractivity contribution in [2.45, 2.75) is 26.7 Å². The van der Waals surface area contributed by atoms with Crippen LogP contribution in [-0.2, 0) is 0 Å². The molecule has 1 aromatic heterocycles. The topological polar surface area (TPSA) is 42.2 Å². The van der Waals surface area contributed by atoms with Crippen LogP contribution < -0.4 is 5.32 Å². The Morgan fingerprint density at radius 2 is 1.95 bits per heavy atom. The van der Waals surface area contributed by atoms with Gasteiger partial charge in [0.15, 0.2) is 0 Å². The highest BCUT2D eigenvalue weighted by molar-refractivity contribution is 5.95. The fraction of sp³-hybridized carbons (Fsp3) is 0.312. The van der Waals surface area contributed by atoms with E-state index in [1.165, 1.54) is 5.56 Å². The van der Waals surface area contributed by atoms with E-state index in [1.54, 1.807) is 6.07 Å². The lowest BCUT2D eigenvalue weighted by atomic mass is 10.0. The number of amides is 1. The molecule has 0 fully saturated rings. The zero-order valence-electron chi connectivity index (χ0n) is 11.6. The number of furan rings is 1. The monoisotopic (exact) mass is 257 g/mol. The van der Waals surface area contributed by atoms with Crippen LogP contribution in [0.4, 0.5) is 0 Å². The van der Waals surface area contributed by atoms with Gasteiger partial charge in [-0.05, 0) is 31.4 Å². The Balaban J connectivity index is 1.96. The number of hydrogen-bond donors (Lipinski definition) is 1. The van der Waals surface area contributed by atoms with Gasteiger partial charge in [0, 0.05) is 6.54 Å². The zero-order valence-corrected chi connectivity index (χ0v) is 11.6. The summed E-state index contributed by atoms with van der Waals surface area (Å²) in [6, 6.07) is 11.9. The second-order valence-corrected chi connectivity index (χ2v) is 4.85. The van der Waals surface area contributed by atoms with Crippen LogP contribution in [0.5, 0.6) is 0 Å². The van der Waals surface area contributed by atoms with Crippen LogP contribution >= 0.6 is 0 Å². The first-order chi connectivity index (χ1) is 9.08. The molecule has 3 nitrogen and oxygen atoms in total. The number of hydrogen-bond acceptors (Lipinski definition) is 2. The van der Waals surface area contributed by atoms with Crippen LogP contribution in [0, 0.1) is 13.8 Å². The van der Waals surface area contributed by atoms with Crippen LogP contribution in [0.15, 0.2) is 40.8 Å². The smallest absolute Gasteiger partial charge is 0.254 e. The van der Waals surface area contributed by atoms with Gasteiger partial charge in [-0.2, -0.15) is 0 Å². The van der Waals surface area contributed by atoms with Crippen LogP contribution in [0.3, 0.4) is 0 Å². The Morgan fingerprint density at radius 1 is 1.26 bits per heavy atom. The van der Waals surface area contributed by atoms with Crippen molar-refractivity contribution < 1.29 is 9.21 Å². The van der Waals surface area contributed by atoms with Crippen LogP contribution in [0.1, 0.15) is 40.3 Å². The Bertz CT molecular complexity index is 557. The van der Waals surface area contributed by atoms with E-state index < -0.39 is 0 Å². The van der Waals surface area contributed by atoms with E-state index in [0.29, 0.717) is 23.8 Å². The molecule has 2 aromatic rings. The standard InChI is InChI=1S/C16H19NO2/c1-11(14-7-5-4-6-8-14)10-17-16(18)15-9-12(2)19-13(15)3/h4-9,11H,10H2,1-3H3,(H,17,18)/t11-/m0/s1. The molecule has 19 heavy (non-hydrogen) atoms. The lowest BCUT2D eigenvalue weighted by Crippen LogP contribution is -2.27. The zero-order chi connectivity index (χ0) is 13.8. The second kappa shape index (κ2) is 5.74. The predicted molar refractivity (Wildman–Crippen MR) is 75.4 cm³/mol. The van der Waals surface area contributed by atoms with Gasteiger partial charge in [-0.15, -0.1) is 0 Å². The first-order valence-electron chi connectivity index (χ1n) is 6.48. The highest BCUT2D eigenvalue weighted by atomic mass is 16.3. The average molecular weight is 257 g/mol. The molecular weight excluding hydrogens is 238 g/mol. The number of carbonyl (C=O) groups is 1. The average Bonchev–Trinajstić information content (AvgIpc) is 2.75. The molecule has 1 atom stereocenters. The Kier molecular flexibility index (Phi) is 4.05. The summed E-state index contributed by atoms with van der Waals surface area (Å²) in [4.78, 5) is 12.0. The summed E-state index contributed by atoms with van der Waals surface area (Å²) < 4.78 is 5.37. The third-order valence-electron chi connectivity index (χ3n) is 3.22. The molecule has 0 bridgehead atoms. The lowest BCUT2D eigenvalue weighted by molar-refractivity contribution is 0.0950. The first kappa shape index (κ1) is 13.4. The minimum absolute atomic E-state index is 0.0721. The van der Waals surface area contributed by atoms with Crippen molar-refractivity contribution in [1.82, 2.24) is 5.32 Å². The summed E-state index contributed by atoms with van der Waals surface area (Å²) >= 11 is 0. The second-order valence-electron chi connectivity index (χ2n) is 4.85. The van der Waals surface area contributed by atoms with Crippen molar-refractivity contribution in [2.75, 3.05) is 6.54 Å². The van der Waals surface area contributed by atoms with Gasteiger partial charge in [0.1, 0.15) is 11.5 Å². The van der Waals surface area contributed by atoms with Crippen LogP contribution in [-0.4, -0.2) is 12.5 Å². The van der Waals surface area contributed by atoms with Gasteiger partial charge in [0.25, 0.3) is 5.91 Å². The SMILES string of the molecule is Cc1cc(C(=O)NC[C@H](C)c2ccccc2)c(C)o1. The molecule has 0 aliphatic rings. The molecule has 0 aliphatic carbocycles. The first-order valence-corrected chi connectivity index (χ1v) is 6.48. The largest absolute Gasteiger partial charge is 0.466 e. The Labute approximate surface area is 113 Å². The predicted octanol–water partition coefficient (Wildman–Crippen LogP) is 3.43. The quantitative estimate of drug-likeness (QED) is 0.911. The molecule has 3 heteroatoms. The number of rotatable bonds is 4. The van der Waals surface area contributed by atoms with Gasteiger partial charge in [0.2, 0.25) is 0 Å². The Morgan fingerprint density at radius 3 is 2.53 bits per heavy atom. The molecule has 0 spiro atoms. The molecule has 0 aliphatic heterocycles. The van der Waals surface area contributed by atoms with Gasteiger partial charge < -0.3 is 9.73 Å². The fourth-order valence-electron chi connectivity index (χ4n) is 2.10. The van der Waals surface area contributed by atoms with Crippen molar-refractivity contribution in [1.29, 1.82) is 0 Å². The highest BCUT2D eigenvalue weighted by Crippen LogP contribution is 2.15. The molecule has 1 heterocycles. The Hall–Kier alpha value is -2.03. The summed E-state index contributed by atoms with van der Waals surface area (Å²) in [5.41, 5.74) is 1.85. The van der Waals surface area contributed by atoms with E-state index in [9.17, 15) is 4.79 Å². The molecule has 1 N–H and O–H groups in total. The van der Waals surface area contributed by atoms with Crippen LogP contribution in [0.2, 0.25) is 0 Å². The maximum absolute atomic E-state index is 12.0. The van der Waals surface area contributed by atoms with Crippen molar-refractivity contribution in [2.24, 2.45) is 0 Å². The van der Waals surface area contributed by atoms with Crippen molar-refractivity contribution in [3.63, 3.8) is 0 Å². The molecule has 1 aromatic carbocycles. The van der Waals surface area contributed by atoms with Gasteiger partial charge >= 0.3 is 0 Å². The van der Waals surface area contributed by atoms with Gasteiger partial charge in [-0.3, -0.25) is 4.79 Å². The number of carbonyl (C=O) groups excluding carboxylic acids is 1. The van der Waals surface area contributed by atoms with E-state index in [2.05, 4.69) is 24.4 Å². The summed E-state index contributed by atoms with van der Waals surface area (Å²) in [7, 11) is 0. The maximum Gasteiger partial charge on any atom is 0.254 e. The number of aryl methyl sites for hydroxylation is 2. The van der Waals surface area contributed by atoms with Crippen molar-refractivity contribution >= 4 is 5.91 Å². The molecule has 1 amide bonds. The van der Waals surface area contributed by atoms with E-state index in [-0.39, 0.29) is 5.91 Å². The summed E-state index contributed by atoms with van der Waals surface area (Å²) in [5.74, 6) is 1.65. The van der Waals surface area contributed by atoms with Gasteiger partial charge in [-0.1, -0.05) is 37.3 Å². The normalized spacial score (nSPS) is 12.2. The third kappa shape index (κ3) is 3.25. The molecule has 2 rings (SSSR count). The number of nitrogens with one attached hydrogen (secondary N) is 1. The molecule has 0 saturated carbocycles. The van der Waals surface area contributed by atoms with E-state index in [1.807, 2.05) is 32.0 Å². The van der Waals surface area contributed by atoms with Gasteiger partial charge in [-0.25, -0.2) is 0 Å². The van der Waals surface area contributed by atoms with Gasteiger partial charge in [0.05, 0.1) is 5.56 Å². The summed E-state index contributed by atoms with van der Waals surface area (Å²) in [5, 5.41) is 2.95. The van der Waals surface area contributed by atoms with E-state index in [4.69, 9.17) is 4.42 Å². The fourth-order valence-corrected chi connectivity index (χ4v) is 2.10. The lowest BCUT2D eigenvalue weighted by Gasteiger charge is -2.12. The minimum atomic E-state index is -0.0721. The molecular formula is C16H19NO2. The maximum atomic E-state index is 12.0. The van der Waals surface area contributed by atoms with Crippen LogP contribution in [0.25, 0.3) is 0 Å². The molecule has 0 radical (unpaired) electrons. The number of benzene rings is 1. The van der Waals surface area contributed by atoms with E-state index in [0.717, 1.165) is 5.76 Å². The molecule has 100 valence electrons. The third-order valence-corrected chi connectivity index (χ3v) is 3.22. The molecule has 0 unspecified atom stereocenters. The van der Waals surface area contributed by atoms with Crippen molar-refractivity contribution in [3.8, 4) is 0 Å². The summed E-state index contributed by atoms with van der Waals surface area (Å²) in [6.45, 7) is 6.37. The summed E-state index contributed by atoms with van der Waals surface area (Å²) in [6.07, 6.45) is 0. The van der Waals surface area contributed by atoms with E-state index >= 15 is 0 Å².